The summed E-state index contributed by atoms with van der Waals surface area (Å²) in [5, 5.41) is 0.623. The first-order valence-corrected chi connectivity index (χ1v) is 2.64. The Hall–Kier alpha value is -0.0926. The van der Waals surface area contributed by atoms with E-state index in [1.807, 2.05) is 0 Å². The molecular formula is C6H5ClLiN. The van der Waals surface area contributed by atoms with Crippen LogP contribution in [0.1, 0.15) is 0 Å². The van der Waals surface area contributed by atoms with Crippen LogP contribution in [0, 0.1) is 0 Å². The topological polar surface area (TPSA) is 23.8 Å². The fraction of sp³-hybridized carbons (Fsp3) is 0. The Labute approximate surface area is 71.4 Å². The number of hydrogen-bond acceptors (Lipinski definition) is 0. The number of hydrogen-bond donors (Lipinski definition) is 0. The maximum absolute atomic E-state index is 7.05. The van der Waals surface area contributed by atoms with E-state index in [0.29, 0.717) is 10.7 Å². The van der Waals surface area contributed by atoms with E-state index in [1.54, 1.807) is 24.3 Å². The molecule has 0 radical (unpaired) electrons. The van der Waals surface area contributed by atoms with E-state index in [2.05, 4.69) is 0 Å². The van der Waals surface area contributed by atoms with Crippen molar-refractivity contribution in [2.45, 2.75) is 0 Å². The van der Waals surface area contributed by atoms with E-state index in [4.69, 9.17) is 17.3 Å². The van der Waals surface area contributed by atoms with Crippen molar-refractivity contribution < 1.29 is 18.9 Å². The van der Waals surface area contributed by atoms with Gasteiger partial charge in [0, 0.05) is 5.02 Å². The Morgan fingerprint density at radius 1 is 1.33 bits per heavy atom. The largest absolute Gasteiger partial charge is 1.00 e. The molecule has 0 spiro atoms. The van der Waals surface area contributed by atoms with Gasteiger partial charge in [-0.15, -0.1) is 5.69 Å². The van der Waals surface area contributed by atoms with Crippen molar-refractivity contribution >= 4 is 17.3 Å². The van der Waals surface area contributed by atoms with Gasteiger partial charge in [0.1, 0.15) is 0 Å². The van der Waals surface area contributed by atoms with Gasteiger partial charge in [-0.2, -0.15) is 0 Å². The van der Waals surface area contributed by atoms with E-state index in [-0.39, 0.29) is 18.9 Å². The molecule has 9 heavy (non-hydrogen) atoms. The van der Waals surface area contributed by atoms with Crippen molar-refractivity contribution in [1.82, 2.24) is 0 Å². The van der Waals surface area contributed by atoms with Crippen LogP contribution in [0.5, 0.6) is 0 Å². The summed E-state index contributed by atoms with van der Waals surface area (Å²) in [5.74, 6) is 0. The van der Waals surface area contributed by atoms with E-state index in [9.17, 15) is 0 Å². The second-order valence-electron chi connectivity index (χ2n) is 1.51. The van der Waals surface area contributed by atoms with Crippen molar-refractivity contribution in [3.05, 3.63) is 35.0 Å². The molecule has 1 N–H and O–H groups in total. The van der Waals surface area contributed by atoms with Gasteiger partial charge in [-0.25, -0.2) is 0 Å². The van der Waals surface area contributed by atoms with Gasteiger partial charge >= 0.3 is 18.9 Å². The molecule has 0 unspecified atom stereocenters. The monoisotopic (exact) mass is 133 g/mol. The number of halogens is 1. The van der Waals surface area contributed by atoms with E-state index in [0.717, 1.165) is 0 Å². The molecule has 0 aromatic heterocycles. The summed E-state index contributed by atoms with van der Waals surface area (Å²) in [6.07, 6.45) is 0. The summed E-state index contributed by atoms with van der Waals surface area (Å²) < 4.78 is 0. The smallest absolute Gasteiger partial charge is 0.699 e. The average Bonchev–Trinajstić information content (AvgIpc) is 1.64. The number of rotatable bonds is 0. The first-order chi connectivity index (χ1) is 3.79. The second kappa shape index (κ2) is 3.84. The Morgan fingerprint density at radius 2 is 2.00 bits per heavy atom. The molecule has 0 saturated heterocycles. The van der Waals surface area contributed by atoms with Gasteiger partial charge < -0.3 is 5.73 Å². The summed E-state index contributed by atoms with van der Waals surface area (Å²) in [6.45, 7) is 0. The van der Waals surface area contributed by atoms with Crippen LogP contribution in [0.15, 0.2) is 24.3 Å². The molecule has 0 aliphatic heterocycles. The fourth-order valence-electron chi connectivity index (χ4n) is 0.488. The van der Waals surface area contributed by atoms with Gasteiger partial charge in [0.05, 0.1) is 0 Å². The van der Waals surface area contributed by atoms with E-state index >= 15 is 0 Å². The number of benzene rings is 1. The molecule has 3 heteroatoms. The van der Waals surface area contributed by atoms with Crippen LogP contribution in [0.4, 0.5) is 5.69 Å². The molecule has 0 aliphatic rings. The first kappa shape index (κ1) is 8.91. The molecule has 0 fully saturated rings. The van der Waals surface area contributed by atoms with Crippen LogP contribution in [-0.2, 0) is 0 Å². The molecule has 1 aromatic carbocycles. The Kier molecular flexibility index (Phi) is 3.80. The normalized spacial score (nSPS) is 8.11. The first-order valence-electron chi connectivity index (χ1n) is 2.26. The molecule has 0 atom stereocenters. The Morgan fingerprint density at radius 3 is 2.33 bits per heavy atom. The Balaban J connectivity index is 0.000000640. The zero-order valence-electron chi connectivity index (χ0n) is 5.19. The quantitative estimate of drug-likeness (QED) is 0.446. The van der Waals surface area contributed by atoms with Gasteiger partial charge in [0.2, 0.25) is 0 Å². The maximum Gasteiger partial charge on any atom is 1.00 e. The van der Waals surface area contributed by atoms with Crippen LogP contribution < -0.4 is 18.9 Å². The minimum atomic E-state index is 0. The van der Waals surface area contributed by atoms with Crippen LogP contribution in [0.25, 0.3) is 5.73 Å². The summed E-state index contributed by atoms with van der Waals surface area (Å²) in [4.78, 5) is 0. The van der Waals surface area contributed by atoms with Crippen LogP contribution in [0.3, 0.4) is 0 Å². The van der Waals surface area contributed by atoms with Crippen molar-refractivity contribution in [2.75, 3.05) is 0 Å². The van der Waals surface area contributed by atoms with Crippen molar-refractivity contribution in [3.8, 4) is 0 Å². The Bertz CT molecular complexity index is 173. The number of nitrogens with one attached hydrogen (secondary N) is 1. The molecule has 42 valence electrons. The predicted molar refractivity (Wildman–Crippen MR) is 35.4 cm³/mol. The van der Waals surface area contributed by atoms with Crippen molar-refractivity contribution in [2.24, 2.45) is 0 Å². The van der Waals surface area contributed by atoms with Crippen LogP contribution >= 0.6 is 11.6 Å². The molecule has 0 bridgehead atoms. The standard InChI is InChI=1S/C6H5ClN.Li/c7-5-2-1-3-6(8)4-5;/h1-4,8H;/q-1;+1. The molecule has 0 amide bonds. The van der Waals surface area contributed by atoms with Gasteiger partial charge in [0.25, 0.3) is 0 Å². The van der Waals surface area contributed by atoms with Gasteiger partial charge in [0.15, 0.2) is 0 Å². The van der Waals surface area contributed by atoms with Gasteiger partial charge in [-0.3, -0.25) is 0 Å². The summed E-state index contributed by atoms with van der Waals surface area (Å²) >= 11 is 5.52. The summed E-state index contributed by atoms with van der Waals surface area (Å²) in [7, 11) is 0. The average molecular weight is 134 g/mol. The van der Waals surface area contributed by atoms with E-state index in [1.165, 1.54) is 0 Å². The summed E-state index contributed by atoms with van der Waals surface area (Å²) in [5.41, 5.74) is 7.51. The zero-order chi connectivity index (χ0) is 5.98. The minimum Gasteiger partial charge on any atom is -0.699 e. The van der Waals surface area contributed by atoms with Crippen LogP contribution in [-0.4, -0.2) is 0 Å². The third-order valence-electron chi connectivity index (χ3n) is 0.825. The third-order valence-corrected chi connectivity index (χ3v) is 1.06. The molecule has 1 nitrogen and oxygen atoms in total. The molecular weight excluding hydrogens is 128 g/mol. The molecule has 0 aliphatic carbocycles. The fourth-order valence-corrected chi connectivity index (χ4v) is 0.679. The van der Waals surface area contributed by atoms with Gasteiger partial charge in [-0.05, 0) is 6.07 Å². The second-order valence-corrected chi connectivity index (χ2v) is 1.95. The van der Waals surface area contributed by atoms with Crippen molar-refractivity contribution in [1.29, 1.82) is 0 Å². The van der Waals surface area contributed by atoms with Gasteiger partial charge in [-0.1, -0.05) is 29.8 Å². The predicted octanol–water partition coefficient (Wildman–Crippen LogP) is 0.0277. The molecule has 1 rings (SSSR count). The van der Waals surface area contributed by atoms with Crippen molar-refractivity contribution in [3.63, 3.8) is 0 Å². The SMILES string of the molecule is [Li+].[NH-]c1cccc(Cl)c1. The minimum absolute atomic E-state index is 0. The third kappa shape index (κ3) is 2.81. The molecule has 0 saturated carbocycles. The zero-order valence-corrected chi connectivity index (χ0v) is 5.94. The van der Waals surface area contributed by atoms with E-state index < -0.39 is 0 Å². The molecule has 0 heterocycles. The summed E-state index contributed by atoms with van der Waals surface area (Å²) in [6, 6.07) is 6.79. The van der Waals surface area contributed by atoms with Crippen LogP contribution in [0.2, 0.25) is 5.02 Å². The maximum atomic E-state index is 7.05. The molecule has 1 aromatic rings.